The first-order chi connectivity index (χ1) is 17.1. The lowest BCUT2D eigenvalue weighted by molar-refractivity contribution is -0.133. The molecule has 1 atom stereocenters. The molecule has 0 aromatic heterocycles. The van der Waals surface area contributed by atoms with E-state index >= 15 is 0 Å². The van der Waals surface area contributed by atoms with E-state index in [1.54, 1.807) is 23.1 Å². The van der Waals surface area contributed by atoms with Crippen LogP contribution in [-0.2, 0) is 19.4 Å². The van der Waals surface area contributed by atoms with Crippen LogP contribution in [0.1, 0.15) is 48.9 Å². The number of carbonyl (C=O) groups is 3. The number of para-hydroxylation sites is 1. The largest absolute Gasteiger partial charge is 0.363 e. The first-order valence-corrected chi connectivity index (χ1v) is 13.9. The summed E-state index contributed by atoms with van der Waals surface area (Å²) in [6, 6.07) is 10.9. The van der Waals surface area contributed by atoms with Crippen LogP contribution >= 0.6 is 0 Å². The number of rotatable bonds is 6. The van der Waals surface area contributed by atoms with E-state index in [4.69, 9.17) is 0 Å². The fraction of sp³-hybridized carbons (Fsp3) is 0.423. The molecule has 2 N–H and O–H groups in total. The predicted octanol–water partition coefficient (Wildman–Crippen LogP) is 2.63. The van der Waals surface area contributed by atoms with Gasteiger partial charge in [-0.2, -0.15) is 0 Å². The van der Waals surface area contributed by atoms with Crippen LogP contribution in [0.3, 0.4) is 0 Å². The molecule has 2 aromatic carbocycles. The lowest BCUT2D eigenvalue weighted by atomic mass is 9.80. The topological polar surface area (TPSA) is 113 Å². The molecule has 1 heterocycles. The van der Waals surface area contributed by atoms with Gasteiger partial charge in [-0.25, -0.2) is 12.8 Å². The Morgan fingerprint density at radius 3 is 2.33 bits per heavy atom. The van der Waals surface area contributed by atoms with Gasteiger partial charge in [0.05, 0.1) is 23.2 Å². The number of hydrogen-bond acceptors (Lipinski definition) is 6. The smallest absolute Gasteiger partial charge is 0.252 e. The molecule has 10 heteroatoms. The third-order valence-electron chi connectivity index (χ3n) is 6.93. The maximum atomic E-state index is 13.5. The van der Waals surface area contributed by atoms with Gasteiger partial charge in [0.1, 0.15) is 11.4 Å². The van der Waals surface area contributed by atoms with Crippen molar-refractivity contribution in [1.82, 2.24) is 10.6 Å². The van der Waals surface area contributed by atoms with Gasteiger partial charge in [0.25, 0.3) is 5.91 Å². The Hall–Kier alpha value is -3.27. The molecule has 2 aromatic rings. The monoisotopic (exact) mass is 515 g/mol. The number of amides is 2. The van der Waals surface area contributed by atoms with E-state index in [1.807, 2.05) is 0 Å². The van der Waals surface area contributed by atoms with Crippen LogP contribution in [0.25, 0.3) is 0 Å². The Balaban J connectivity index is 1.46. The SMILES string of the molecule is CS(=O)(=O)c1ccccc1N1CCC(NC(=O)C2(NC(=O)c3ccc(F)cc3)CCCCC2)C(=O)C1. The Labute approximate surface area is 210 Å². The van der Waals surface area contributed by atoms with Crippen LogP contribution in [0.5, 0.6) is 0 Å². The molecule has 0 spiro atoms. The molecule has 0 bridgehead atoms. The number of carbonyl (C=O) groups excluding carboxylic acids is 3. The highest BCUT2D eigenvalue weighted by Gasteiger charge is 2.43. The van der Waals surface area contributed by atoms with Gasteiger partial charge in [-0.05, 0) is 55.7 Å². The number of anilines is 1. The number of Topliss-reactive ketones (excluding diaryl/α,β-unsaturated/α-hetero) is 1. The van der Waals surface area contributed by atoms with Crippen molar-refractivity contribution >= 4 is 33.1 Å². The van der Waals surface area contributed by atoms with Crippen molar-refractivity contribution < 1.29 is 27.2 Å². The Morgan fingerprint density at radius 1 is 1.03 bits per heavy atom. The molecular weight excluding hydrogens is 485 g/mol. The van der Waals surface area contributed by atoms with Crippen molar-refractivity contribution in [3.8, 4) is 0 Å². The molecule has 2 amide bonds. The average Bonchev–Trinajstić information content (AvgIpc) is 2.85. The number of ketones is 1. The number of halogens is 1. The van der Waals surface area contributed by atoms with Gasteiger partial charge in [0.15, 0.2) is 15.6 Å². The zero-order chi connectivity index (χ0) is 25.9. The van der Waals surface area contributed by atoms with Crippen LogP contribution in [0.4, 0.5) is 10.1 Å². The van der Waals surface area contributed by atoms with Crippen LogP contribution in [0.15, 0.2) is 53.4 Å². The summed E-state index contributed by atoms with van der Waals surface area (Å²) in [6.07, 6.45) is 4.78. The van der Waals surface area contributed by atoms with Crippen molar-refractivity contribution in [2.24, 2.45) is 0 Å². The highest BCUT2D eigenvalue weighted by molar-refractivity contribution is 7.90. The van der Waals surface area contributed by atoms with Crippen molar-refractivity contribution in [2.45, 2.75) is 55.0 Å². The van der Waals surface area contributed by atoms with E-state index in [0.717, 1.165) is 25.5 Å². The van der Waals surface area contributed by atoms with Crippen molar-refractivity contribution in [2.75, 3.05) is 24.2 Å². The van der Waals surface area contributed by atoms with Crippen LogP contribution < -0.4 is 15.5 Å². The minimum absolute atomic E-state index is 0.0353. The number of hydrogen-bond donors (Lipinski definition) is 2. The molecule has 2 fully saturated rings. The number of nitrogens with zero attached hydrogens (tertiary/aromatic N) is 1. The van der Waals surface area contributed by atoms with Crippen LogP contribution in [-0.4, -0.2) is 56.9 Å². The summed E-state index contributed by atoms with van der Waals surface area (Å²) in [6.45, 7) is 0.352. The third-order valence-corrected chi connectivity index (χ3v) is 8.08. The van der Waals surface area contributed by atoms with Crippen molar-refractivity contribution in [3.05, 3.63) is 59.9 Å². The molecule has 36 heavy (non-hydrogen) atoms. The Kier molecular flexibility index (Phi) is 7.44. The van der Waals surface area contributed by atoms with Gasteiger partial charge < -0.3 is 15.5 Å². The summed E-state index contributed by atoms with van der Waals surface area (Å²) in [5.41, 5.74) is -0.430. The van der Waals surface area contributed by atoms with Crippen LogP contribution in [0.2, 0.25) is 0 Å². The average molecular weight is 516 g/mol. The fourth-order valence-electron chi connectivity index (χ4n) is 4.96. The van der Waals surface area contributed by atoms with Gasteiger partial charge in [-0.3, -0.25) is 14.4 Å². The molecule has 4 rings (SSSR count). The van der Waals surface area contributed by atoms with Gasteiger partial charge in [0, 0.05) is 18.4 Å². The number of benzene rings is 2. The second-order valence-electron chi connectivity index (χ2n) is 9.55. The zero-order valence-electron chi connectivity index (χ0n) is 20.1. The normalized spacial score (nSPS) is 20.0. The second-order valence-corrected chi connectivity index (χ2v) is 11.5. The molecule has 192 valence electrons. The van der Waals surface area contributed by atoms with E-state index in [2.05, 4.69) is 10.6 Å². The minimum atomic E-state index is -3.48. The summed E-state index contributed by atoms with van der Waals surface area (Å²) in [5.74, 6) is -1.55. The van der Waals surface area contributed by atoms with Gasteiger partial charge in [-0.15, -0.1) is 0 Å². The molecule has 2 aliphatic rings. The maximum Gasteiger partial charge on any atom is 0.252 e. The molecule has 8 nitrogen and oxygen atoms in total. The molecule has 1 saturated carbocycles. The lowest BCUT2D eigenvalue weighted by Gasteiger charge is -2.39. The molecule has 1 aliphatic carbocycles. The first-order valence-electron chi connectivity index (χ1n) is 12.0. The summed E-state index contributed by atoms with van der Waals surface area (Å²) < 4.78 is 37.6. The summed E-state index contributed by atoms with van der Waals surface area (Å²) in [7, 11) is -3.48. The van der Waals surface area contributed by atoms with Gasteiger partial charge >= 0.3 is 0 Å². The number of nitrogens with one attached hydrogen (secondary N) is 2. The molecule has 1 unspecified atom stereocenters. The van der Waals surface area contributed by atoms with Gasteiger partial charge in [0.2, 0.25) is 5.91 Å². The predicted molar refractivity (Wildman–Crippen MR) is 133 cm³/mol. The minimum Gasteiger partial charge on any atom is -0.363 e. The standard InChI is InChI=1S/C26H30FN3O5S/c1-36(34,35)23-8-4-3-7-21(23)30-16-13-20(22(31)17-30)28-25(33)26(14-5-2-6-15-26)29-24(32)18-9-11-19(27)12-10-18/h3-4,7-12,20H,2,5-6,13-17H2,1H3,(H,28,33)(H,29,32). The third kappa shape index (κ3) is 5.59. The number of sulfone groups is 1. The Morgan fingerprint density at radius 2 is 1.69 bits per heavy atom. The maximum absolute atomic E-state index is 13.5. The first kappa shape index (κ1) is 25.8. The number of piperidine rings is 1. The Bertz CT molecular complexity index is 1260. The molecular formula is C26H30FN3O5S. The van der Waals surface area contributed by atoms with Crippen molar-refractivity contribution in [3.63, 3.8) is 0 Å². The fourth-order valence-corrected chi connectivity index (χ4v) is 5.87. The highest BCUT2D eigenvalue weighted by Crippen LogP contribution is 2.30. The highest BCUT2D eigenvalue weighted by atomic mass is 32.2. The molecule has 0 radical (unpaired) electrons. The molecule has 1 saturated heterocycles. The quantitative estimate of drug-likeness (QED) is 0.612. The summed E-state index contributed by atoms with van der Waals surface area (Å²) >= 11 is 0. The van der Waals surface area contributed by atoms with Gasteiger partial charge in [-0.1, -0.05) is 31.4 Å². The van der Waals surface area contributed by atoms with E-state index in [-0.39, 0.29) is 22.8 Å². The van der Waals surface area contributed by atoms with E-state index in [1.165, 1.54) is 30.3 Å². The van der Waals surface area contributed by atoms with E-state index < -0.39 is 39.0 Å². The second kappa shape index (κ2) is 10.4. The molecule has 1 aliphatic heterocycles. The van der Waals surface area contributed by atoms with E-state index in [9.17, 15) is 27.2 Å². The van der Waals surface area contributed by atoms with E-state index in [0.29, 0.717) is 31.5 Å². The lowest BCUT2D eigenvalue weighted by Crippen LogP contribution is -2.63. The van der Waals surface area contributed by atoms with Crippen LogP contribution in [0, 0.1) is 5.82 Å². The summed E-state index contributed by atoms with van der Waals surface area (Å²) in [5, 5.41) is 5.72. The summed E-state index contributed by atoms with van der Waals surface area (Å²) in [4.78, 5) is 41.2. The zero-order valence-corrected chi connectivity index (χ0v) is 20.9. The van der Waals surface area contributed by atoms with Crippen molar-refractivity contribution in [1.29, 1.82) is 0 Å².